The minimum absolute atomic E-state index is 0.141. The van der Waals surface area contributed by atoms with Crippen LogP contribution in [0.2, 0.25) is 0 Å². The molecule has 0 aromatic rings. The Morgan fingerprint density at radius 2 is 2.20 bits per heavy atom. The van der Waals surface area contributed by atoms with Gasteiger partial charge in [-0.25, -0.2) is 4.79 Å². The highest BCUT2D eigenvalue weighted by Crippen LogP contribution is 1.94. The number of urea groups is 1. The topological polar surface area (TPSA) is 69.6 Å². The summed E-state index contributed by atoms with van der Waals surface area (Å²) in [5, 5.41) is 11.2. The van der Waals surface area contributed by atoms with Gasteiger partial charge in [0.25, 0.3) is 0 Å². The molecule has 0 radical (unpaired) electrons. The van der Waals surface area contributed by atoms with Crippen LogP contribution in [0.25, 0.3) is 0 Å². The number of aliphatic carboxylic acids is 1. The normalized spacial score (nSPS) is 11.6. The molecule has 0 aliphatic rings. The molecule has 0 aliphatic heterocycles. The van der Waals surface area contributed by atoms with E-state index in [0.717, 1.165) is 0 Å². The molecular weight excluding hydrogens is 196 g/mol. The van der Waals surface area contributed by atoms with E-state index in [0.29, 0.717) is 13.1 Å². The molecule has 0 aromatic carbocycles. The Kier molecular flexibility index (Phi) is 6.17. The van der Waals surface area contributed by atoms with E-state index < -0.39 is 11.9 Å². The maximum absolute atomic E-state index is 11.5. The Hall–Kier alpha value is -1.52. The molecule has 0 saturated carbocycles. The average Bonchev–Trinajstić information content (AvgIpc) is 2.21. The smallest absolute Gasteiger partial charge is 0.317 e. The van der Waals surface area contributed by atoms with Gasteiger partial charge in [0.2, 0.25) is 0 Å². The molecular formula is C10H18N2O3. The van der Waals surface area contributed by atoms with Gasteiger partial charge in [-0.05, 0) is 6.92 Å². The van der Waals surface area contributed by atoms with E-state index in [4.69, 9.17) is 5.11 Å². The lowest BCUT2D eigenvalue weighted by atomic mass is 10.2. The summed E-state index contributed by atoms with van der Waals surface area (Å²) < 4.78 is 0. The molecule has 1 atom stereocenters. The number of carbonyl (C=O) groups excluding carboxylic acids is 1. The highest BCUT2D eigenvalue weighted by Gasteiger charge is 2.14. The largest absolute Gasteiger partial charge is 0.481 e. The summed E-state index contributed by atoms with van der Waals surface area (Å²) in [5.41, 5.74) is 0. The van der Waals surface area contributed by atoms with Gasteiger partial charge in [-0.3, -0.25) is 4.79 Å². The lowest BCUT2D eigenvalue weighted by Crippen LogP contribution is -2.42. The first-order valence-corrected chi connectivity index (χ1v) is 4.89. The molecule has 15 heavy (non-hydrogen) atoms. The van der Waals surface area contributed by atoms with Crippen molar-refractivity contribution in [3.63, 3.8) is 0 Å². The molecule has 0 rings (SSSR count). The number of hydrogen-bond acceptors (Lipinski definition) is 2. The number of amides is 2. The Morgan fingerprint density at radius 3 is 2.60 bits per heavy atom. The third-order valence-electron chi connectivity index (χ3n) is 2.00. The number of nitrogens with one attached hydrogen (secondary N) is 1. The zero-order valence-corrected chi connectivity index (χ0v) is 9.19. The first kappa shape index (κ1) is 13.5. The monoisotopic (exact) mass is 214 g/mol. The zero-order valence-electron chi connectivity index (χ0n) is 9.19. The summed E-state index contributed by atoms with van der Waals surface area (Å²) in [6, 6.07) is -0.259. The number of carboxylic acids is 1. The Labute approximate surface area is 89.8 Å². The van der Waals surface area contributed by atoms with Crippen LogP contribution in [0.5, 0.6) is 0 Å². The van der Waals surface area contributed by atoms with Crippen molar-refractivity contribution >= 4 is 12.0 Å². The predicted molar refractivity (Wildman–Crippen MR) is 57.6 cm³/mol. The van der Waals surface area contributed by atoms with Crippen LogP contribution in [0.15, 0.2) is 12.7 Å². The molecule has 1 unspecified atom stereocenters. The summed E-state index contributed by atoms with van der Waals surface area (Å²) in [5.74, 6) is -1.49. The third kappa shape index (κ3) is 5.05. The molecule has 5 nitrogen and oxygen atoms in total. The Morgan fingerprint density at radius 1 is 1.60 bits per heavy atom. The highest BCUT2D eigenvalue weighted by atomic mass is 16.4. The summed E-state index contributed by atoms with van der Waals surface area (Å²) in [4.78, 5) is 23.5. The van der Waals surface area contributed by atoms with Crippen LogP contribution in [0.1, 0.15) is 13.8 Å². The average molecular weight is 214 g/mol. The van der Waals surface area contributed by atoms with E-state index in [1.807, 2.05) is 6.92 Å². The molecule has 5 heteroatoms. The molecule has 0 fully saturated rings. The SMILES string of the molecule is C=CCN(CC)C(=O)NCC(C)C(=O)O. The Balaban J connectivity index is 4.00. The number of carboxylic acid groups (broad SMARTS) is 1. The van der Waals surface area contributed by atoms with Crippen molar-refractivity contribution in [3.05, 3.63) is 12.7 Å². The molecule has 0 heterocycles. The van der Waals surface area contributed by atoms with E-state index in [2.05, 4.69) is 11.9 Å². The summed E-state index contributed by atoms with van der Waals surface area (Å²) in [7, 11) is 0. The summed E-state index contributed by atoms with van der Waals surface area (Å²) >= 11 is 0. The zero-order chi connectivity index (χ0) is 11.8. The second-order valence-electron chi connectivity index (χ2n) is 3.25. The van der Waals surface area contributed by atoms with E-state index in [1.165, 1.54) is 0 Å². The Bertz CT molecular complexity index is 241. The minimum atomic E-state index is -0.915. The summed E-state index contributed by atoms with van der Waals surface area (Å²) in [6.07, 6.45) is 1.63. The minimum Gasteiger partial charge on any atom is -0.481 e. The molecule has 86 valence electrons. The van der Waals surface area contributed by atoms with Gasteiger partial charge >= 0.3 is 12.0 Å². The maximum Gasteiger partial charge on any atom is 0.317 e. The van der Waals surface area contributed by atoms with E-state index in [9.17, 15) is 9.59 Å². The first-order chi connectivity index (χ1) is 7.02. The first-order valence-electron chi connectivity index (χ1n) is 4.89. The maximum atomic E-state index is 11.5. The van der Waals surface area contributed by atoms with Crippen molar-refractivity contribution in [1.82, 2.24) is 10.2 Å². The fraction of sp³-hybridized carbons (Fsp3) is 0.600. The van der Waals surface area contributed by atoms with Crippen LogP contribution in [0.3, 0.4) is 0 Å². The fourth-order valence-electron chi connectivity index (χ4n) is 0.951. The van der Waals surface area contributed by atoms with Gasteiger partial charge in [0.1, 0.15) is 0 Å². The molecule has 0 aromatic heterocycles. The summed E-state index contributed by atoms with van der Waals surface area (Å²) in [6.45, 7) is 8.11. The molecule has 2 amide bonds. The third-order valence-corrected chi connectivity index (χ3v) is 2.00. The lowest BCUT2D eigenvalue weighted by molar-refractivity contribution is -0.140. The van der Waals surface area contributed by atoms with Crippen LogP contribution in [0, 0.1) is 5.92 Å². The van der Waals surface area contributed by atoms with Gasteiger partial charge in [0, 0.05) is 19.6 Å². The van der Waals surface area contributed by atoms with E-state index in [-0.39, 0.29) is 12.6 Å². The number of nitrogens with zero attached hydrogens (tertiary/aromatic N) is 1. The van der Waals surface area contributed by atoms with Crippen LogP contribution < -0.4 is 5.32 Å². The fourth-order valence-corrected chi connectivity index (χ4v) is 0.951. The van der Waals surface area contributed by atoms with Gasteiger partial charge in [0.05, 0.1) is 5.92 Å². The van der Waals surface area contributed by atoms with Gasteiger partial charge < -0.3 is 15.3 Å². The van der Waals surface area contributed by atoms with E-state index in [1.54, 1.807) is 17.9 Å². The van der Waals surface area contributed by atoms with Crippen LogP contribution >= 0.6 is 0 Å². The van der Waals surface area contributed by atoms with Crippen molar-refractivity contribution in [3.8, 4) is 0 Å². The van der Waals surface area contributed by atoms with Crippen LogP contribution in [0.4, 0.5) is 4.79 Å². The number of likely N-dealkylation sites (N-methyl/N-ethyl adjacent to an activating group) is 1. The van der Waals surface area contributed by atoms with Crippen molar-refractivity contribution in [2.45, 2.75) is 13.8 Å². The van der Waals surface area contributed by atoms with E-state index >= 15 is 0 Å². The highest BCUT2D eigenvalue weighted by molar-refractivity contribution is 5.76. The lowest BCUT2D eigenvalue weighted by Gasteiger charge is -2.20. The predicted octanol–water partition coefficient (Wildman–Crippen LogP) is 0.925. The standard InChI is InChI=1S/C10H18N2O3/c1-4-6-12(5-2)10(15)11-7-8(3)9(13)14/h4,8H,1,5-7H2,2-3H3,(H,11,15)(H,13,14). The number of carbonyl (C=O) groups is 2. The van der Waals surface area contributed by atoms with Crippen molar-refractivity contribution in [2.24, 2.45) is 5.92 Å². The van der Waals surface area contributed by atoms with Gasteiger partial charge in [0.15, 0.2) is 0 Å². The van der Waals surface area contributed by atoms with Crippen molar-refractivity contribution in [1.29, 1.82) is 0 Å². The second-order valence-corrected chi connectivity index (χ2v) is 3.25. The van der Waals surface area contributed by atoms with Gasteiger partial charge in [-0.2, -0.15) is 0 Å². The molecule has 0 spiro atoms. The van der Waals surface area contributed by atoms with Crippen molar-refractivity contribution < 1.29 is 14.7 Å². The quantitative estimate of drug-likeness (QED) is 0.646. The number of rotatable bonds is 6. The molecule has 0 saturated heterocycles. The van der Waals surface area contributed by atoms with Gasteiger partial charge in [-0.15, -0.1) is 6.58 Å². The van der Waals surface area contributed by atoms with Crippen LogP contribution in [-0.4, -0.2) is 41.6 Å². The van der Waals surface area contributed by atoms with Crippen molar-refractivity contribution in [2.75, 3.05) is 19.6 Å². The van der Waals surface area contributed by atoms with Gasteiger partial charge in [-0.1, -0.05) is 13.0 Å². The molecule has 0 bridgehead atoms. The number of hydrogen-bond donors (Lipinski definition) is 2. The van der Waals surface area contributed by atoms with Crippen LogP contribution in [-0.2, 0) is 4.79 Å². The molecule has 0 aliphatic carbocycles. The molecule has 2 N–H and O–H groups in total. The second kappa shape index (κ2) is 6.86.